The fraction of sp³-hybridized carbons (Fsp3) is 0.158. The number of aromatic nitrogens is 1. The van der Waals surface area contributed by atoms with Gasteiger partial charge in [-0.2, -0.15) is 0 Å². The molecule has 134 valence electrons. The summed E-state index contributed by atoms with van der Waals surface area (Å²) in [6, 6.07) is 12.2. The largest absolute Gasteiger partial charge is 0.497 e. The molecule has 26 heavy (non-hydrogen) atoms. The van der Waals surface area contributed by atoms with E-state index < -0.39 is 0 Å². The predicted octanol–water partition coefficient (Wildman–Crippen LogP) is 3.68. The number of nitrogens with one attached hydrogen (secondary N) is 2. The summed E-state index contributed by atoms with van der Waals surface area (Å²) < 4.78 is 15.7. The lowest BCUT2D eigenvalue weighted by Gasteiger charge is -2.12. The molecule has 0 radical (unpaired) electrons. The van der Waals surface area contributed by atoms with Crippen LogP contribution in [0.15, 0.2) is 59.3 Å². The third kappa shape index (κ3) is 4.13. The van der Waals surface area contributed by atoms with Crippen molar-refractivity contribution in [2.45, 2.75) is 6.54 Å². The quantitative estimate of drug-likeness (QED) is 0.706. The number of methoxy groups -OCH3 is 2. The molecule has 0 fully saturated rings. The van der Waals surface area contributed by atoms with E-state index in [2.05, 4.69) is 15.6 Å². The number of pyridine rings is 1. The van der Waals surface area contributed by atoms with Crippen LogP contribution in [0.5, 0.6) is 11.5 Å². The number of amides is 2. The second-order valence-electron chi connectivity index (χ2n) is 5.40. The van der Waals surface area contributed by atoms with E-state index in [1.807, 2.05) is 18.2 Å². The highest BCUT2D eigenvalue weighted by molar-refractivity contribution is 5.91. The lowest BCUT2D eigenvalue weighted by Crippen LogP contribution is -2.28. The van der Waals surface area contributed by atoms with Gasteiger partial charge in [-0.05, 0) is 42.0 Å². The van der Waals surface area contributed by atoms with Crippen molar-refractivity contribution in [3.63, 3.8) is 0 Å². The van der Waals surface area contributed by atoms with E-state index >= 15 is 0 Å². The van der Waals surface area contributed by atoms with E-state index in [1.165, 1.54) is 7.11 Å². The van der Waals surface area contributed by atoms with Crippen LogP contribution in [0.25, 0.3) is 11.5 Å². The van der Waals surface area contributed by atoms with Gasteiger partial charge in [0.2, 0.25) is 0 Å². The Labute approximate surface area is 151 Å². The monoisotopic (exact) mass is 353 g/mol. The molecule has 2 amide bonds. The van der Waals surface area contributed by atoms with Crippen molar-refractivity contribution in [3.05, 3.63) is 60.5 Å². The minimum atomic E-state index is -0.343. The molecule has 0 aliphatic heterocycles. The summed E-state index contributed by atoms with van der Waals surface area (Å²) in [5.41, 5.74) is 2.17. The molecule has 0 aliphatic carbocycles. The van der Waals surface area contributed by atoms with Gasteiger partial charge in [0.25, 0.3) is 0 Å². The van der Waals surface area contributed by atoms with Crippen molar-refractivity contribution in [2.75, 3.05) is 19.5 Å². The van der Waals surface area contributed by atoms with E-state index in [0.717, 1.165) is 5.56 Å². The summed E-state index contributed by atoms with van der Waals surface area (Å²) in [5.74, 6) is 1.85. The van der Waals surface area contributed by atoms with Gasteiger partial charge in [-0.3, -0.25) is 4.98 Å². The normalized spacial score (nSPS) is 10.2. The SMILES string of the molecule is COc1ccc(NC(=O)NCc2ccnc(-c3ccco3)c2)c(OC)c1. The van der Waals surface area contributed by atoms with E-state index in [4.69, 9.17) is 13.9 Å². The number of rotatable bonds is 6. The molecule has 1 aromatic carbocycles. The molecule has 0 spiro atoms. The maximum absolute atomic E-state index is 12.2. The zero-order valence-electron chi connectivity index (χ0n) is 14.5. The average molecular weight is 353 g/mol. The average Bonchev–Trinajstić information content (AvgIpc) is 3.22. The molecular weight excluding hydrogens is 334 g/mol. The molecule has 2 heterocycles. The Balaban J connectivity index is 1.62. The molecule has 7 heteroatoms. The van der Waals surface area contributed by atoms with Gasteiger partial charge in [0, 0.05) is 18.8 Å². The van der Waals surface area contributed by atoms with Crippen LogP contribution in [0, 0.1) is 0 Å². The second-order valence-corrected chi connectivity index (χ2v) is 5.40. The van der Waals surface area contributed by atoms with E-state index in [-0.39, 0.29) is 6.03 Å². The molecule has 2 N–H and O–H groups in total. The molecule has 2 aromatic heterocycles. The highest BCUT2D eigenvalue weighted by Crippen LogP contribution is 2.28. The standard InChI is InChI=1S/C19H19N3O4/c1-24-14-5-6-15(18(11-14)25-2)22-19(23)21-12-13-7-8-20-16(10-13)17-4-3-9-26-17/h3-11H,12H2,1-2H3,(H2,21,22,23). The Morgan fingerprint density at radius 3 is 2.77 bits per heavy atom. The second kappa shape index (κ2) is 8.06. The van der Waals surface area contributed by atoms with Crippen molar-refractivity contribution >= 4 is 11.7 Å². The van der Waals surface area contributed by atoms with E-state index in [9.17, 15) is 4.79 Å². The van der Waals surface area contributed by atoms with E-state index in [0.29, 0.717) is 35.2 Å². The lowest BCUT2D eigenvalue weighted by molar-refractivity contribution is 0.251. The van der Waals surface area contributed by atoms with Crippen LogP contribution < -0.4 is 20.1 Å². The first-order valence-corrected chi connectivity index (χ1v) is 7.95. The number of furan rings is 1. The highest BCUT2D eigenvalue weighted by Gasteiger charge is 2.09. The number of nitrogens with zero attached hydrogens (tertiary/aromatic N) is 1. The first-order chi connectivity index (χ1) is 12.7. The number of benzene rings is 1. The Kier molecular flexibility index (Phi) is 5.38. The summed E-state index contributed by atoms with van der Waals surface area (Å²) in [6.07, 6.45) is 3.27. The molecule has 0 aliphatic rings. The van der Waals surface area contributed by atoms with Gasteiger partial charge in [-0.1, -0.05) is 0 Å². The summed E-state index contributed by atoms with van der Waals surface area (Å²) in [7, 11) is 3.10. The van der Waals surface area contributed by atoms with Crippen LogP contribution in [0.2, 0.25) is 0 Å². The fourth-order valence-corrected chi connectivity index (χ4v) is 2.39. The number of hydrogen-bond acceptors (Lipinski definition) is 5. The van der Waals surface area contributed by atoms with Crippen LogP contribution in [-0.2, 0) is 6.54 Å². The van der Waals surface area contributed by atoms with Crippen LogP contribution in [0.3, 0.4) is 0 Å². The number of urea groups is 1. The van der Waals surface area contributed by atoms with Crippen molar-refractivity contribution in [1.29, 1.82) is 0 Å². The number of carbonyl (C=O) groups is 1. The van der Waals surface area contributed by atoms with Crippen LogP contribution in [-0.4, -0.2) is 25.2 Å². The van der Waals surface area contributed by atoms with Crippen molar-refractivity contribution in [2.24, 2.45) is 0 Å². The minimum Gasteiger partial charge on any atom is -0.497 e. The molecule has 0 saturated heterocycles. The third-order valence-electron chi connectivity index (χ3n) is 3.71. The fourth-order valence-electron chi connectivity index (χ4n) is 2.39. The Hall–Kier alpha value is -3.48. The zero-order chi connectivity index (χ0) is 18.4. The Morgan fingerprint density at radius 1 is 1.15 bits per heavy atom. The highest BCUT2D eigenvalue weighted by atomic mass is 16.5. The lowest BCUT2D eigenvalue weighted by atomic mass is 10.2. The molecule has 0 unspecified atom stereocenters. The van der Waals surface area contributed by atoms with Gasteiger partial charge in [0.05, 0.1) is 26.2 Å². The first-order valence-electron chi connectivity index (χ1n) is 7.95. The van der Waals surface area contributed by atoms with Crippen molar-refractivity contribution in [1.82, 2.24) is 10.3 Å². The van der Waals surface area contributed by atoms with Gasteiger partial charge in [-0.25, -0.2) is 4.79 Å². The summed E-state index contributed by atoms with van der Waals surface area (Å²) >= 11 is 0. The van der Waals surface area contributed by atoms with Crippen LogP contribution >= 0.6 is 0 Å². The smallest absolute Gasteiger partial charge is 0.319 e. The van der Waals surface area contributed by atoms with Gasteiger partial charge in [0.1, 0.15) is 17.2 Å². The maximum Gasteiger partial charge on any atom is 0.319 e. The molecule has 0 atom stereocenters. The minimum absolute atomic E-state index is 0.343. The van der Waals surface area contributed by atoms with Crippen molar-refractivity contribution in [3.8, 4) is 23.0 Å². The van der Waals surface area contributed by atoms with Gasteiger partial charge < -0.3 is 24.5 Å². The first kappa shape index (κ1) is 17.3. The van der Waals surface area contributed by atoms with Gasteiger partial charge in [0.15, 0.2) is 5.76 Å². The van der Waals surface area contributed by atoms with E-state index in [1.54, 1.807) is 43.8 Å². The summed E-state index contributed by atoms with van der Waals surface area (Å²) in [6.45, 7) is 0.348. The summed E-state index contributed by atoms with van der Waals surface area (Å²) in [4.78, 5) is 16.4. The Morgan fingerprint density at radius 2 is 2.04 bits per heavy atom. The molecule has 7 nitrogen and oxygen atoms in total. The van der Waals surface area contributed by atoms with Crippen LogP contribution in [0.4, 0.5) is 10.5 Å². The zero-order valence-corrected chi connectivity index (χ0v) is 14.5. The van der Waals surface area contributed by atoms with Gasteiger partial charge in [-0.15, -0.1) is 0 Å². The number of ether oxygens (including phenoxy) is 2. The van der Waals surface area contributed by atoms with Gasteiger partial charge >= 0.3 is 6.03 Å². The topological polar surface area (TPSA) is 85.6 Å². The Bertz CT molecular complexity index is 878. The maximum atomic E-state index is 12.2. The third-order valence-corrected chi connectivity index (χ3v) is 3.71. The molecule has 0 saturated carbocycles. The predicted molar refractivity (Wildman–Crippen MR) is 97.3 cm³/mol. The van der Waals surface area contributed by atoms with Crippen LogP contribution in [0.1, 0.15) is 5.56 Å². The molecular formula is C19H19N3O4. The number of carbonyl (C=O) groups excluding carboxylic acids is 1. The molecule has 3 aromatic rings. The van der Waals surface area contributed by atoms with Crippen molar-refractivity contribution < 1.29 is 18.7 Å². The summed E-state index contributed by atoms with van der Waals surface area (Å²) in [5, 5.41) is 5.57. The number of hydrogen-bond donors (Lipinski definition) is 2. The number of anilines is 1. The molecule has 0 bridgehead atoms. The molecule has 3 rings (SSSR count).